The molecule has 0 heterocycles. The van der Waals surface area contributed by atoms with Crippen molar-refractivity contribution in [2.24, 2.45) is 0 Å². The highest BCUT2D eigenvalue weighted by molar-refractivity contribution is 5.95. The molecule has 0 unspecified atom stereocenters. The number of nitrogen functional groups attached to an aromatic ring is 1. The van der Waals surface area contributed by atoms with Gasteiger partial charge in [-0.1, -0.05) is 18.2 Å². The lowest BCUT2D eigenvalue weighted by molar-refractivity contribution is -0.132. The molecule has 3 N–H and O–H groups in total. The summed E-state index contributed by atoms with van der Waals surface area (Å²) in [6.07, 6.45) is 4.40. The number of carboxylic acid groups (broad SMARTS) is 1. The van der Waals surface area contributed by atoms with Crippen LogP contribution in [0.15, 0.2) is 42.0 Å². The van der Waals surface area contributed by atoms with E-state index >= 15 is 0 Å². The lowest BCUT2D eigenvalue weighted by Gasteiger charge is -1.95. The molecule has 1 aromatic carbocycles. The van der Waals surface area contributed by atoms with Crippen LogP contribution < -0.4 is 5.73 Å². The van der Waals surface area contributed by atoms with E-state index in [-0.39, 0.29) is 5.57 Å². The number of aldehydes is 1. The zero-order valence-electron chi connectivity index (χ0n) is 8.46. The third kappa shape index (κ3) is 3.42. The zero-order valence-corrected chi connectivity index (χ0v) is 8.46. The minimum Gasteiger partial charge on any atom is -0.478 e. The van der Waals surface area contributed by atoms with Crippen molar-refractivity contribution in [1.29, 1.82) is 0 Å². The molecule has 4 heteroatoms. The number of aliphatic carboxylic acids is 1. The standard InChI is InChI=1S/C12H11NO3/c13-11-5-2-9(3-6-11)1-4-10(7-8-14)12(15)16/h1-8H,13H2,(H,15,16). The van der Waals surface area contributed by atoms with Gasteiger partial charge in [0.25, 0.3) is 0 Å². The van der Waals surface area contributed by atoms with Crippen molar-refractivity contribution >= 4 is 24.0 Å². The van der Waals surface area contributed by atoms with E-state index < -0.39 is 5.97 Å². The van der Waals surface area contributed by atoms with Crippen LogP contribution in [0, 0.1) is 0 Å². The van der Waals surface area contributed by atoms with E-state index in [1.165, 1.54) is 6.08 Å². The Kier molecular flexibility index (Phi) is 4.03. The quantitative estimate of drug-likeness (QED) is 0.346. The minimum atomic E-state index is -1.14. The van der Waals surface area contributed by atoms with Crippen LogP contribution in [0.4, 0.5) is 5.69 Å². The molecule has 1 aromatic rings. The summed E-state index contributed by atoms with van der Waals surface area (Å²) in [7, 11) is 0. The first kappa shape index (κ1) is 11.7. The summed E-state index contributed by atoms with van der Waals surface area (Å²) < 4.78 is 0. The van der Waals surface area contributed by atoms with E-state index in [1.54, 1.807) is 30.3 Å². The molecule has 0 amide bonds. The monoisotopic (exact) mass is 217 g/mol. The van der Waals surface area contributed by atoms with Crippen LogP contribution in [0.5, 0.6) is 0 Å². The highest BCUT2D eigenvalue weighted by atomic mass is 16.4. The van der Waals surface area contributed by atoms with Crippen LogP contribution >= 0.6 is 0 Å². The van der Waals surface area contributed by atoms with Crippen molar-refractivity contribution in [3.8, 4) is 0 Å². The van der Waals surface area contributed by atoms with Crippen molar-refractivity contribution < 1.29 is 14.7 Å². The molecular formula is C12H11NO3. The molecule has 0 saturated carbocycles. The van der Waals surface area contributed by atoms with Gasteiger partial charge in [0.05, 0.1) is 5.57 Å². The number of carbonyl (C=O) groups excluding carboxylic acids is 1. The largest absolute Gasteiger partial charge is 0.478 e. The number of carbonyl (C=O) groups is 2. The van der Waals surface area contributed by atoms with Crippen molar-refractivity contribution in [2.45, 2.75) is 0 Å². The fourth-order valence-corrected chi connectivity index (χ4v) is 1.06. The van der Waals surface area contributed by atoms with Crippen LogP contribution in [0.2, 0.25) is 0 Å². The molecule has 16 heavy (non-hydrogen) atoms. The first-order valence-corrected chi connectivity index (χ1v) is 4.56. The topological polar surface area (TPSA) is 80.4 Å². The van der Waals surface area contributed by atoms with E-state index in [9.17, 15) is 9.59 Å². The first-order valence-electron chi connectivity index (χ1n) is 4.56. The Morgan fingerprint density at radius 2 is 1.88 bits per heavy atom. The SMILES string of the molecule is Nc1ccc(C=CC(=CC=O)C(=O)O)cc1. The van der Waals surface area contributed by atoms with E-state index in [0.717, 1.165) is 11.6 Å². The summed E-state index contributed by atoms with van der Waals surface area (Å²) in [5.74, 6) is -1.14. The summed E-state index contributed by atoms with van der Waals surface area (Å²) >= 11 is 0. The molecule has 0 bridgehead atoms. The molecule has 0 atom stereocenters. The van der Waals surface area contributed by atoms with E-state index in [2.05, 4.69) is 0 Å². The summed E-state index contributed by atoms with van der Waals surface area (Å²) in [4.78, 5) is 20.9. The lowest BCUT2D eigenvalue weighted by Crippen LogP contribution is -1.97. The van der Waals surface area contributed by atoms with Gasteiger partial charge in [-0.05, 0) is 29.8 Å². The predicted molar refractivity (Wildman–Crippen MR) is 61.7 cm³/mol. The Balaban J connectivity index is 2.86. The molecule has 0 spiro atoms. The fraction of sp³-hybridized carbons (Fsp3) is 0. The van der Waals surface area contributed by atoms with Gasteiger partial charge in [-0.3, -0.25) is 4.79 Å². The summed E-state index contributed by atoms with van der Waals surface area (Å²) in [6.45, 7) is 0. The summed E-state index contributed by atoms with van der Waals surface area (Å²) in [6, 6.07) is 6.94. The second-order valence-corrected chi connectivity index (χ2v) is 3.06. The molecule has 0 saturated heterocycles. The molecule has 0 aliphatic carbocycles. The number of carboxylic acids is 1. The number of hydrogen-bond donors (Lipinski definition) is 2. The van der Waals surface area contributed by atoms with Gasteiger partial charge in [-0.2, -0.15) is 0 Å². The number of allylic oxidation sites excluding steroid dienone is 1. The Bertz CT molecular complexity index is 444. The summed E-state index contributed by atoms with van der Waals surface area (Å²) in [5.41, 5.74) is 6.89. The van der Waals surface area contributed by atoms with Gasteiger partial charge in [-0.25, -0.2) is 4.79 Å². The maximum absolute atomic E-state index is 10.7. The van der Waals surface area contributed by atoms with Crippen molar-refractivity contribution in [3.63, 3.8) is 0 Å². The number of anilines is 1. The van der Waals surface area contributed by atoms with Gasteiger partial charge in [0.2, 0.25) is 0 Å². The smallest absolute Gasteiger partial charge is 0.335 e. The maximum atomic E-state index is 10.7. The van der Waals surface area contributed by atoms with Crippen molar-refractivity contribution in [3.05, 3.63) is 47.6 Å². The van der Waals surface area contributed by atoms with Gasteiger partial charge in [-0.15, -0.1) is 0 Å². The van der Waals surface area contributed by atoms with Crippen LogP contribution in [0.25, 0.3) is 6.08 Å². The maximum Gasteiger partial charge on any atom is 0.335 e. The number of hydrogen-bond acceptors (Lipinski definition) is 3. The predicted octanol–water partition coefficient (Wildman–Crippen LogP) is 1.49. The molecular weight excluding hydrogens is 206 g/mol. The number of rotatable bonds is 4. The second kappa shape index (κ2) is 5.50. The van der Waals surface area contributed by atoms with Crippen molar-refractivity contribution in [1.82, 2.24) is 0 Å². The number of benzene rings is 1. The van der Waals surface area contributed by atoms with Gasteiger partial charge in [0.1, 0.15) is 6.29 Å². The van der Waals surface area contributed by atoms with Gasteiger partial charge >= 0.3 is 5.97 Å². The minimum absolute atomic E-state index is 0.0631. The van der Waals surface area contributed by atoms with E-state index in [1.807, 2.05) is 0 Å². The highest BCUT2D eigenvalue weighted by Crippen LogP contribution is 2.08. The first-order chi connectivity index (χ1) is 7.63. The third-order valence-electron chi connectivity index (χ3n) is 1.89. The summed E-state index contributed by atoms with van der Waals surface area (Å²) in [5, 5.41) is 8.73. The van der Waals surface area contributed by atoms with Crippen molar-refractivity contribution in [2.75, 3.05) is 5.73 Å². The van der Waals surface area contributed by atoms with Crippen LogP contribution in [-0.4, -0.2) is 17.4 Å². The highest BCUT2D eigenvalue weighted by Gasteiger charge is 2.01. The Labute approximate surface area is 92.7 Å². The van der Waals surface area contributed by atoms with E-state index in [0.29, 0.717) is 12.0 Å². The fourth-order valence-electron chi connectivity index (χ4n) is 1.06. The molecule has 0 aliphatic rings. The molecule has 0 aliphatic heterocycles. The van der Waals surface area contributed by atoms with E-state index in [4.69, 9.17) is 10.8 Å². The van der Waals surface area contributed by atoms with Gasteiger partial charge in [0.15, 0.2) is 0 Å². The van der Waals surface area contributed by atoms with Crippen LogP contribution in [0.3, 0.4) is 0 Å². The number of nitrogens with two attached hydrogens (primary N) is 1. The molecule has 0 radical (unpaired) electrons. The Hall–Kier alpha value is -2.36. The molecule has 4 nitrogen and oxygen atoms in total. The average Bonchev–Trinajstić information content (AvgIpc) is 2.26. The van der Waals surface area contributed by atoms with Gasteiger partial charge in [0, 0.05) is 5.69 Å². The molecule has 0 aromatic heterocycles. The Morgan fingerprint density at radius 1 is 1.25 bits per heavy atom. The second-order valence-electron chi connectivity index (χ2n) is 3.06. The van der Waals surface area contributed by atoms with Crippen LogP contribution in [-0.2, 0) is 9.59 Å². The molecule has 82 valence electrons. The average molecular weight is 217 g/mol. The molecule has 0 fully saturated rings. The zero-order chi connectivity index (χ0) is 12.0. The normalized spacial score (nSPS) is 11.6. The van der Waals surface area contributed by atoms with Gasteiger partial charge < -0.3 is 10.8 Å². The molecule has 1 rings (SSSR count). The lowest BCUT2D eigenvalue weighted by atomic mass is 10.1. The third-order valence-corrected chi connectivity index (χ3v) is 1.89. The van der Waals surface area contributed by atoms with Crippen LogP contribution in [0.1, 0.15) is 5.56 Å². The Morgan fingerprint density at radius 3 is 2.38 bits per heavy atom.